The van der Waals surface area contributed by atoms with Gasteiger partial charge in [0, 0.05) is 36.7 Å². The first-order chi connectivity index (χ1) is 17.3. The zero-order valence-corrected chi connectivity index (χ0v) is 19.5. The lowest BCUT2D eigenvalue weighted by atomic mass is 9.88. The van der Waals surface area contributed by atoms with Crippen LogP contribution in [0.2, 0.25) is 0 Å². The van der Waals surface area contributed by atoms with Gasteiger partial charge in [-0.25, -0.2) is 0 Å². The third kappa shape index (κ3) is 6.33. The van der Waals surface area contributed by atoms with Gasteiger partial charge in [-0.15, -0.1) is 0 Å². The molecule has 1 unspecified atom stereocenters. The van der Waals surface area contributed by atoms with E-state index in [1.807, 2.05) is 6.07 Å². The van der Waals surface area contributed by atoms with Crippen molar-refractivity contribution in [1.82, 2.24) is 0 Å². The molecule has 0 fully saturated rings. The molecule has 0 aromatic heterocycles. The Kier molecular flexibility index (Phi) is 7.36. The molecule has 0 radical (unpaired) electrons. The van der Waals surface area contributed by atoms with E-state index in [4.69, 9.17) is 0 Å². The van der Waals surface area contributed by atoms with Crippen LogP contribution < -0.4 is 10.2 Å². The molecule has 2 aromatic rings. The Labute approximate surface area is 208 Å². The number of rotatable bonds is 4. The molecule has 0 bridgehead atoms. The van der Waals surface area contributed by atoms with Crippen LogP contribution in [0.3, 0.4) is 0 Å². The lowest BCUT2D eigenvalue weighted by molar-refractivity contribution is -0.143. The Morgan fingerprint density at radius 1 is 1.08 bits per heavy atom. The van der Waals surface area contributed by atoms with Crippen molar-refractivity contribution in [1.29, 1.82) is 0 Å². The molecule has 2 aliphatic rings. The van der Waals surface area contributed by atoms with Crippen LogP contribution in [0.15, 0.2) is 42.5 Å². The van der Waals surface area contributed by atoms with Crippen LogP contribution in [-0.2, 0) is 28.6 Å². The summed E-state index contributed by atoms with van der Waals surface area (Å²) >= 11 is 0. The van der Waals surface area contributed by atoms with Crippen molar-refractivity contribution in [2.75, 3.05) is 16.8 Å². The van der Waals surface area contributed by atoms with E-state index in [2.05, 4.69) is 5.32 Å². The number of amides is 2. The average Bonchev–Trinajstić information content (AvgIpc) is 2.81. The van der Waals surface area contributed by atoms with Crippen LogP contribution in [-0.4, -0.2) is 35.7 Å². The van der Waals surface area contributed by atoms with E-state index in [0.717, 1.165) is 34.2 Å². The van der Waals surface area contributed by atoms with Crippen LogP contribution in [0.4, 0.5) is 37.7 Å². The Morgan fingerprint density at radius 3 is 2.54 bits per heavy atom. The van der Waals surface area contributed by atoms with E-state index < -0.39 is 48.7 Å². The predicted molar refractivity (Wildman–Crippen MR) is 125 cm³/mol. The third-order valence-corrected chi connectivity index (χ3v) is 6.51. The molecule has 0 spiro atoms. The minimum absolute atomic E-state index is 0.0646. The maximum absolute atomic E-state index is 13.4. The molecule has 198 valence electrons. The number of benzene rings is 2. The maximum atomic E-state index is 13.4. The number of alkyl halides is 6. The van der Waals surface area contributed by atoms with Crippen molar-refractivity contribution in [2.24, 2.45) is 0 Å². The molecule has 2 N–H and O–H groups in total. The highest BCUT2D eigenvalue weighted by atomic mass is 19.4. The van der Waals surface area contributed by atoms with Crippen molar-refractivity contribution < 1.29 is 41.0 Å². The van der Waals surface area contributed by atoms with Gasteiger partial charge in [-0.2, -0.15) is 26.3 Å². The summed E-state index contributed by atoms with van der Waals surface area (Å²) in [6, 6.07) is 8.04. The molecule has 1 heterocycles. The Morgan fingerprint density at radius 2 is 1.84 bits per heavy atom. The van der Waals surface area contributed by atoms with E-state index in [-0.39, 0.29) is 24.2 Å². The van der Waals surface area contributed by atoms with E-state index in [1.54, 1.807) is 12.1 Å². The normalized spacial score (nSPS) is 18.8. The molecule has 11 heteroatoms. The largest absolute Gasteiger partial charge is 0.416 e. The summed E-state index contributed by atoms with van der Waals surface area (Å²) in [5.41, 5.74) is 1.61. The van der Waals surface area contributed by atoms with Gasteiger partial charge in [-0.05, 0) is 54.2 Å². The number of carbonyl (C=O) groups excluding carboxylic acids is 2. The highest BCUT2D eigenvalue weighted by molar-refractivity contribution is 6.07. The van der Waals surface area contributed by atoms with Gasteiger partial charge in [-0.3, -0.25) is 9.59 Å². The van der Waals surface area contributed by atoms with E-state index in [0.29, 0.717) is 30.5 Å². The first-order valence-electron chi connectivity index (χ1n) is 11.7. The van der Waals surface area contributed by atoms with Crippen LogP contribution in [0, 0.1) is 0 Å². The molecule has 1 atom stereocenters. The first-order valence-corrected chi connectivity index (χ1v) is 11.7. The molecule has 1 aliphatic heterocycles. The first kappa shape index (κ1) is 26.7. The zero-order chi connectivity index (χ0) is 27.0. The SMILES string of the molecule is O=C(/C=C1\CCN(C(=O)CCC(F)(F)F)c2cc(C(F)(F)F)ccc21)Nc1cccc2c1CC(O)CC2. The molecular formula is C26H24F6N2O3. The highest BCUT2D eigenvalue weighted by Crippen LogP contribution is 2.40. The third-order valence-electron chi connectivity index (χ3n) is 6.51. The van der Waals surface area contributed by atoms with Crippen molar-refractivity contribution in [3.63, 3.8) is 0 Å². The lowest BCUT2D eigenvalue weighted by Crippen LogP contribution is -2.36. The second kappa shape index (κ2) is 10.2. The fourth-order valence-corrected chi connectivity index (χ4v) is 4.70. The van der Waals surface area contributed by atoms with Crippen molar-refractivity contribution in [2.45, 2.75) is 57.0 Å². The summed E-state index contributed by atoms with van der Waals surface area (Å²) < 4.78 is 77.9. The topological polar surface area (TPSA) is 69.6 Å². The molecular weight excluding hydrogens is 502 g/mol. The van der Waals surface area contributed by atoms with Gasteiger partial charge in [0.15, 0.2) is 0 Å². The minimum atomic E-state index is -4.73. The highest BCUT2D eigenvalue weighted by Gasteiger charge is 2.35. The lowest BCUT2D eigenvalue weighted by Gasteiger charge is -2.32. The number of aliphatic hydroxyl groups excluding tert-OH is 1. The van der Waals surface area contributed by atoms with E-state index in [1.165, 1.54) is 6.08 Å². The summed E-state index contributed by atoms with van der Waals surface area (Å²) in [6.07, 6.45) is -9.20. The Bertz CT molecular complexity index is 1240. The van der Waals surface area contributed by atoms with Crippen LogP contribution in [0.5, 0.6) is 0 Å². The number of hydrogen-bond acceptors (Lipinski definition) is 3. The number of aryl methyl sites for hydroxylation is 1. The monoisotopic (exact) mass is 526 g/mol. The fraction of sp³-hybridized carbons (Fsp3) is 0.385. The molecule has 4 rings (SSSR count). The average molecular weight is 526 g/mol. The van der Waals surface area contributed by atoms with Gasteiger partial charge in [-0.1, -0.05) is 18.2 Å². The number of fused-ring (bicyclic) bond motifs is 2. The summed E-state index contributed by atoms with van der Waals surface area (Å²) in [4.78, 5) is 26.3. The minimum Gasteiger partial charge on any atom is -0.393 e. The molecule has 5 nitrogen and oxygen atoms in total. The number of carbonyl (C=O) groups is 2. The molecule has 0 saturated heterocycles. The maximum Gasteiger partial charge on any atom is 0.416 e. The standard InChI is InChI=1S/C26H24F6N2O3/c27-25(28,29)10-8-24(37)34-11-9-16(19-7-5-17(13-22(19)34)26(30,31)32)12-23(36)33-21-3-1-2-15-4-6-18(35)14-20(15)21/h1-3,5,7,12-13,18,35H,4,6,8-11,14H2,(H,33,36)/b16-12+. The summed E-state index contributed by atoms with van der Waals surface area (Å²) in [5, 5.41) is 12.8. The zero-order valence-electron chi connectivity index (χ0n) is 19.5. The quantitative estimate of drug-likeness (QED) is 0.399. The van der Waals surface area contributed by atoms with Crippen LogP contribution in [0.1, 0.15) is 47.9 Å². The molecule has 37 heavy (non-hydrogen) atoms. The van der Waals surface area contributed by atoms with Crippen molar-refractivity contribution >= 4 is 28.8 Å². The number of anilines is 2. The van der Waals surface area contributed by atoms with Crippen LogP contribution in [0.25, 0.3) is 5.57 Å². The van der Waals surface area contributed by atoms with Crippen molar-refractivity contribution in [3.8, 4) is 0 Å². The Hall–Kier alpha value is -3.34. The number of halogens is 6. The smallest absolute Gasteiger partial charge is 0.393 e. The van der Waals surface area contributed by atoms with Gasteiger partial charge in [0.1, 0.15) is 0 Å². The number of nitrogens with one attached hydrogen (secondary N) is 1. The van der Waals surface area contributed by atoms with Crippen molar-refractivity contribution in [3.05, 3.63) is 64.7 Å². The number of aliphatic hydroxyl groups is 1. The summed E-state index contributed by atoms with van der Waals surface area (Å²) in [6.45, 7) is -0.170. The summed E-state index contributed by atoms with van der Waals surface area (Å²) in [5.74, 6) is -1.50. The second-order valence-corrected chi connectivity index (χ2v) is 9.14. The van der Waals surface area contributed by atoms with Gasteiger partial charge < -0.3 is 15.3 Å². The number of nitrogens with zero attached hydrogens (tertiary/aromatic N) is 1. The molecule has 2 amide bonds. The van der Waals surface area contributed by atoms with Gasteiger partial charge >= 0.3 is 12.4 Å². The second-order valence-electron chi connectivity index (χ2n) is 9.14. The van der Waals surface area contributed by atoms with E-state index in [9.17, 15) is 41.0 Å². The fourth-order valence-electron chi connectivity index (χ4n) is 4.70. The van der Waals surface area contributed by atoms with Gasteiger partial charge in [0.25, 0.3) is 0 Å². The van der Waals surface area contributed by atoms with Crippen LogP contribution >= 0.6 is 0 Å². The van der Waals surface area contributed by atoms with E-state index >= 15 is 0 Å². The molecule has 0 saturated carbocycles. The molecule has 1 aliphatic carbocycles. The number of hydrogen-bond donors (Lipinski definition) is 2. The molecule has 2 aromatic carbocycles. The summed E-state index contributed by atoms with van der Waals surface area (Å²) in [7, 11) is 0. The predicted octanol–water partition coefficient (Wildman–Crippen LogP) is 5.66. The van der Waals surface area contributed by atoms with Gasteiger partial charge in [0.05, 0.1) is 23.8 Å². The Balaban J connectivity index is 1.63. The van der Waals surface area contributed by atoms with Gasteiger partial charge in [0.2, 0.25) is 11.8 Å².